The maximum Gasteiger partial charge on any atom is 0.453 e. The van der Waals surface area contributed by atoms with Gasteiger partial charge in [0.2, 0.25) is 5.91 Å². The van der Waals surface area contributed by atoms with E-state index in [1.165, 1.54) is 0 Å². The number of carbonyl (C=O) groups is 1. The molecule has 0 unspecified atom stereocenters. The summed E-state index contributed by atoms with van der Waals surface area (Å²) in [6.07, 6.45) is -2.50. The van der Waals surface area contributed by atoms with Crippen molar-refractivity contribution >= 4 is 22.8 Å². The summed E-state index contributed by atoms with van der Waals surface area (Å²) >= 11 is 0. The Morgan fingerprint density at radius 3 is 2.56 bits per heavy atom. The molecule has 1 amide bonds. The van der Waals surface area contributed by atoms with Gasteiger partial charge in [0.15, 0.2) is 11.5 Å². The summed E-state index contributed by atoms with van der Waals surface area (Å²) in [7, 11) is 0. The number of para-hydroxylation sites is 2. The molecular weight excluding hydrogens is 449 g/mol. The van der Waals surface area contributed by atoms with Crippen molar-refractivity contribution in [2.24, 2.45) is 0 Å². The number of rotatable bonds is 4. The van der Waals surface area contributed by atoms with Crippen LogP contribution < -0.4 is 0 Å². The standard InChI is InChI=1S/C23H23F3N6O2/c1-13-16(14(2)32-22(27-13)29-21(30-32)23(24,25)26)7-8-19(33)31-11-9-15(10-12-31)20-28-17-5-3-4-6-18(17)34-20/h3-6,15H,7-12H2,1-2H3. The minimum Gasteiger partial charge on any atom is -0.440 e. The first-order chi connectivity index (χ1) is 16.2. The summed E-state index contributed by atoms with van der Waals surface area (Å²) in [5, 5.41) is 3.56. The number of benzene rings is 1. The predicted octanol–water partition coefficient (Wildman–Crippen LogP) is 4.24. The van der Waals surface area contributed by atoms with Gasteiger partial charge in [-0.3, -0.25) is 4.79 Å². The molecule has 8 nitrogen and oxygen atoms in total. The first kappa shape index (κ1) is 22.3. The lowest BCUT2D eigenvalue weighted by Gasteiger charge is -2.30. The number of hydrogen-bond donors (Lipinski definition) is 0. The normalized spacial score (nSPS) is 15.5. The second kappa shape index (κ2) is 8.37. The number of fused-ring (bicyclic) bond motifs is 2. The quantitative estimate of drug-likeness (QED) is 0.441. The van der Waals surface area contributed by atoms with Gasteiger partial charge in [0.05, 0.1) is 0 Å². The third-order valence-corrected chi connectivity index (χ3v) is 6.40. The number of aromatic nitrogens is 5. The number of oxazole rings is 1. The molecule has 3 aromatic heterocycles. The number of likely N-dealkylation sites (tertiary alicyclic amines) is 1. The molecule has 11 heteroatoms. The Balaban J connectivity index is 1.23. The van der Waals surface area contributed by atoms with E-state index in [-0.39, 0.29) is 24.0 Å². The van der Waals surface area contributed by atoms with Crippen LogP contribution in [0, 0.1) is 13.8 Å². The number of carbonyl (C=O) groups excluding carboxylic acids is 1. The van der Waals surface area contributed by atoms with Gasteiger partial charge >= 0.3 is 6.18 Å². The van der Waals surface area contributed by atoms with Crippen molar-refractivity contribution in [2.45, 2.75) is 51.6 Å². The van der Waals surface area contributed by atoms with Crippen LogP contribution in [0.5, 0.6) is 0 Å². The van der Waals surface area contributed by atoms with Crippen LogP contribution in [0.3, 0.4) is 0 Å². The second-order valence-electron chi connectivity index (χ2n) is 8.58. The lowest BCUT2D eigenvalue weighted by atomic mass is 9.96. The van der Waals surface area contributed by atoms with E-state index in [1.54, 1.807) is 13.8 Å². The molecule has 178 valence electrons. The van der Waals surface area contributed by atoms with E-state index in [2.05, 4.69) is 20.1 Å². The van der Waals surface area contributed by atoms with Gasteiger partial charge in [0.1, 0.15) is 5.52 Å². The number of alkyl halides is 3. The van der Waals surface area contributed by atoms with Gasteiger partial charge in [-0.25, -0.2) is 14.5 Å². The maximum absolute atomic E-state index is 13.0. The molecule has 0 N–H and O–H groups in total. The minimum atomic E-state index is -4.64. The highest BCUT2D eigenvalue weighted by Gasteiger charge is 2.37. The summed E-state index contributed by atoms with van der Waals surface area (Å²) < 4.78 is 45.9. The summed E-state index contributed by atoms with van der Waals surface area (Å²) in [5.41, 5.74) is 3.37. The van der Waals surface area contributed by atoms with Gasteiger partial charge in [-0.2, -0.15) is 18.2 Å². The van der Waals surface area contributed by atoms with Crippen LogP contribution in [0.1, 0.15) is 53.8 Å². The Labute approximate surface area is 192 Å². The first-order valence-corrected chi connectivity index (χ1v) is 11.1. The van der Waals surface area contributed by atoms with E-state index in [0.717, 1.165) is 28.5 Å². The number of aryl methyl sites for hydroxylation is 2. The van der Waals surface area contributed by atoms with Crippen LogP contribution in [0.2, 0.25) is 0 Å². The summed E-state index contributed by atoms with van der Waals surface area (Å²) in [5.74, 6) is -0.437. The van der Waals surface area contributed by atoms with Crippen LogP contribution in [0.15, 0.2) is 28.7 Å². The minimum absolute atomic E-state index is 0.00415. The molecule has 4 aromatic rings. The zero-order chi connectivity index (χ0) is 24.0. The third-order valence-electron chi connectivity index (χ3n) is 6.40. The molecule has 1 saturated heterocycles. The third kappa shape index (κ3) is 4.10. The van der Waals surface area contributed by atoms with E-state index in [4.69, 9.17) is 4.42 Å². The van der Waals surface area contributed by atoms with E-state index < -0.39 is 12.0 Å². The summed E-state index contributed by atoms with van der Waals surface area (Å²) in [6, 6.07) is 7.64. The van der Waals surface area contributed by atoms with Crippen molar-refractivity contribution < 1.29 is 22.4 Å². The fourth-order valence-corrected chi connectivity index (χ4v) is 4.52. The molecule has 5 rings (SSSR count). The van der Waals surface area contributed by atoms with Gasteiger partial charge in [-0.15, -0.1) is 5.10 Å². The van der Waals surface area contributed by atoms with Gasteiger partial charge in [-0.1, -0.05) is 12.1 Å². The molecule has 0 aliphatic carbocycles. The molecule has 1 aliphatic heterocycles. The molecule has 1 aromatic carbocycles. The highest BCUT2D eigenvalue weighted by Crippen LogP contribution is 2.30. The average Bonchev–Trinajstić information content (AvgIpc) is 3.43. The molecule has 4 heterocycles. The van der Waals surface area contributed by atoms with E-state index >= 15 is 0 Å². The maximum atomic E-state index is 13.0. The van der Waals surface area contributed by atoms with Crippen LogP contribution in [-0.2, 0) is 17.4 Å². The van der Waals surface area contributed by atoms with E-state index in [1.807, 2.05) is 29.2 Å². The largest absolute Gasteiger partial charge is 0.453 e. The number of hydrogen-bond acceptors (Lipinski definition) is 6. The van der Waals surface area contributed by atoms with Crippen molar-refractivity contribution in [1.82, 2.24) is 29.5 Å². The number of nitrogens with zero attached hydrogens (tertiary/aromatic N) is 6. The van der Waals surface area contributed by atoms with Crippen molar-refractivity contribution in [3.05, 3.63) is 52.9 Å². The molecule has 0 bridgehead atoms. The van der Waals surface area contributed by atoms with Crippen LogP contribution in [0.25, 0.3) is 16.9 Å². The van der Waals surface area contributed by atoms with Gasteiger partial charge < -0.3 is 9.32 Å². The summed E-state index contributed by atoms with van der Waals surface area (Å²) in [6.45, 7) is 4.59. The van der Waals surface area contributed by atoms with Crippen LogP contribution >= 0.6 is 0 Å². The van der Waals surface area contributed by atoms with Crippen LogP contribution in [-0.4, -0.2) is 48.5 Å². The van der Waals surface area contributed by atoms with Crippen LogP contribution in [0.4, 0.5) is 13.2 Å². The molecule has 1 fully saturated rings. The average molecular weight is 472 g/mol. The lowest BCUT2D eigenvalue weighted by molar-refractivity contribution is -0.144. The Hall–Kier alpha value is -3.50. The van der Waals surface area contributed by atoms with Crippen molar-refractivity contribution in [2.75, 3.05) is 13.1 Å². The summed E-state index contributed by atoms with van der Waals surface area (Å²) in [4.78, 5) is 26.9. The fourth-order valence-electron chi connectivity index (χ4n) is 4.52. The molecular formula is C23H23F3N6O2. The smallest absolute Gasteiger partial charge is 0.440 e. The molecule has 0 spiro atoms. The van der Waals surface area contributed by atoms with Gasteiger partial charge in [-0.05, 0) is 50.8 Å². The zero-order valence-corrected chi connectivity index (χ0v) is 18.8. The first-order valence-electron chi connectivity index (χ1n) is 11.1. The Bertz CT molecular complexity index is 1340. The highest BCUT2D eigenvalue weighted by atomic mass is 19.4. The lowest BCUT2D eigenvalue weighted by Crippen LogP contribution is -2.38. The number of amides is 1. The fraction of sp³-hybridized carbons (Fsp3) is 0.435. The van der Waals surface area contributed by atoms with Gasteiger partial charge in [0.25, 0.3) is 11.6 Å². The molecule has 0 saturated carbocycles. The second-order valence-corrected chi connectivity index (χ2v) is 8.58. The number of piperidine rings is 1. The van der Waals surface area contributed by atoms with E-state index in [9.17, 15) is 18.0 Å². The molecule has 0 radical (unpaired) electrons. The molecule has 0 atom stereocenters. The van der Waals surface area contributed by atoms with Crippen molar-refractivity contribution in [3.63, 3.8) is 0 Å². The van der Waals surface area contributed by atoms with E-state index in [0.29, 0.717) is 42.4 Å². The highest BCUT2D eigenvalue weighted by molar-refractivity contribution is 5.76. The van der Waals surface area contributed by atoms with Crippen molar-refractivity contribution in [1.29, 1.82) is 0 Å². The Morgan fingerprint density at radius 1 is 1.12 bits per heavy atom. The van der Waals surface area contributed by atoms with Gasteiger partial charge in [0, 0.05) is 36.8 Å². The molecule has 34 heavy (non-hydrogen) atoms. The zero-order valence-electron chi connectivity index (χ0n) is 18.8. The van der Waals surface area contributed by atoms with Crippen molar-refractivity contribution in [3.8, 4) is 0 Å². The topological polar surface area (TPSA) is 89.4 Å². The Kier molecular flexibility index (Phi) is 5.49. The predicted molar refractivity (Wildman–Crippen MR) is 116 cm³/mol. The monoisotopic (exact) mass is 472 g/mol. The Morgan fingerprint density at radius 2 is 1.85 bits per heavy atom. The SMILES string of the molecule is Cc1nc2nc(C(F)(F)F)nn2c(C)c1CCC(=O)N1CCC(c2nc3ccccc3o2)CC1. The molecule has 1 aliphatic rings. The number of halogens is 3.